The predicted molar refractivity (Wildman–Crippen MR) is 108 cm³/mol. The van der Waals surface area contributed by atoms with E-state index >= 15 is 0 Å². The molecule has 2 aromatic rings. The first kappa shape index (κ1) is 19.1. The molecule has 23 heavy (non-hydrogen) atoms. The van der Waals surface area contributed by atoms with Gasteiger partial charge in [-0.1, -0.05) is 30.1 Å². The van der Waals surface area contributed by atoms with E-state index in [1.807, 2.05) is 12.1 Å². The molecule has 124 valence electrons. The summed E-state index contributed by atoms with van der Waals surface area (Å²) in [5.74, 6) is 1.47. The Kier molecular flexibility index (Phi) is 7.22. The molecule has 0 saturated carbocycles. The molecule has 2 N–H and O–H groups in total. The monoisotopic (exact) mass is 498 g/mol. The van der Waals surface area contributed by atoms with Crippen LogP contribution in [0.2, 0.25) is 10.0 Å². The summed E-state index contributed by atoms with van der Waals surface area (Å²) in [6.07, 6.45) is 0. The number of methoxy groups -OCH3 is 1. The van der Waals surface area contributed by atoms with Crippen molar-refractivity contribution in [3.8, 4) is 5.75 Å². The molecule has 3 nitrogen and oxygen atoms in total. The molecule has 0 radical (unpaired) electrons. The van der Waals surface area contributed by atoms with E-state index in [0.29, 0.717) is 15.8 Å². The van der Waals surface area contributed by atoms with Crippen LogP contribution in [0.1, 0.15) is 6.92 Å². The Morgan fingerprint density at radius 3 is 1.91 bits per heavy atom. The van der Waals surface area contributed by atoms with Crippen molar-refractivity contribution in [2.75, 3.05) is 23.7 Å². The van der Waals surface area contributed by atoms with Gasteiger partial charge in [-0.2, -0.15) is 0 Å². The van der Waals surface area contributed by atoms with E-state index in [-0.39, 0.29) is 0 Å². The predicted octanol–water partition coefficient (Wildman–Crippen LogP) is 7.08. The molecule has 0 aliphatic heterocycles. The van der Waals surface area contributed by atoms with Gasteiger partial charge in [0.25, 0.3) is 0 Å². The Balaban J connectivity index is 2.15. The van der Waals surface area contributed by atoms with Gasteiger partial charge in [0.15, 0.2) is 5.75 Å². The van der Waals surface area contributed by atoms with Crippen LogP contribution >= 0.6 is 66.8 Å². The van der Waals surface area contributed by atoms with Crippen molar-refractivity contribution in [1.82, 2.24) is 0 Å². The molecule has 0 fully saturated rings. The molecule has 0 aliphatic carbocycles. The van der Waals surface area contributed by atoms with E-state index in [9.17, 15) is 0 Å². The summed E-state index contributed by atoms with van der Waals surface area (Å²) >= 11 is 21.2. The van der Waals surface area contributed by atoms with Gasteiger partial charge in [-0.05, 0) is 61.9 Å². The topological polar surface area (TPSA) is 33.3 Å². The third-order valence-electron chi connectivity index (χ3n) is 2.84. The van der Waals surface area contributed by atoms with Gasteiger partial charge in [0.2, 0.25) is 0 Å². The number of thioether (sulfide) groups is 1. The largest absolute Gasteiger partial charge is 0.494 e. The zero-order valence-electron chi connectivity index (χ0n) is 12.3. The average Bonchev–Trinajstić information content (AvgIpc) is 2.48. The Labute approximate surface area is 166 Å². The number of hydrogen-bond donors (Lipinski definition) is 2. The third-order valence-corrected chi connectivity index (χ3v) is 6.19. The van der Waals surface area contributed by atoms with Gasteiger partial charge in [0.05, 0.1) is 28.5 Å². The van der Waals surface area contributed by atoms with Crippen LogP contribution in [0.4, 0.5) is 11.4 Å². The fraction of sp³-hybridized carbons (Fsp3) is 0.200. The molecule has 0 saturated heterocycles. The SMILES string of the molecule is CCSc1c(Br)cc(NNc2cc(Cl)c(OC)c(Cl)c2)cc1Br. The third kappa shape index (κ3) is 4.86. The molecule has 0 amide bonds. The highest BCUT2D eigenvalue weighted by Gasteiger charge is 2.10. The van der Waals surface area contributed by atoms with Gasteiger partial charge in [0.1, 0.15) is 0 Å². The lowest BCUT2D eigenvalue weighted by atomic mass is 10.3. The molecule has 0 spiro atoms. The van der Waals surface area contributed by atoms with Crippen LogP contribution in [0, 0.1) is 0 Å². The van der Waals surface area contributed by atoms with Gasteiger partial charge in [0, 0.05) is 13.8 Å². The van der Waals surface area contributed by atoms with Crippen molar-refractivity contribution in [3.63, 3.8) is 0 Å². The van der Waals surface area contributed by atoms with Crippen molar-refractivity contribution in [2.45, 2.75) is 11.8 Å². The van der Waals surface area contributed by atoms with E-state index in [4.69, 9.17) is 27.9 Å². The van der Waals surface area contributed by atoms with Gasteiger partial charge in [-0.25, -0.2) is 0 Å². The maximum Gasteiger partial charge on any atom is 0.156 e. The minimum Gasteiger partial charge on any atom is -0.494 e. The van der Waals surface area contributed by atoms with E-state index in [0.717, 1.165) is 26.1 Å². The smallest absolute Gasteiger partial charge is 0.156 e. The molecular weight excluding hydrogens is 487 g/mol. The quantitative estimate of drug-likeness (QED) is 0.328. The molecule has 0 unspecified atom stereocenters. The van der Waals surface area contributed by atoms with E-state index < -0.39 is 0 Å². The number of hydrazine groups is 1. The lowest BCUT2D eigenvalue weighted by Gasteiger charge is -2.14. The van der Waals surface area contributed by atoms with Crippen molar-refractivity contribution in [3.05, 3.63) is 43.3 Å². The maximum absolute atomic E-state index is 6.13. The Bertz CT molecular complexity index is 670. The van der Waals surface area contributed by atoms with Crippen LogP contribution < -0.4 is 15.6 Å². The van der Waals surface area contributed by atoms with Crippen molar-refractivity contribution >= 4 is 78.2 Å². The van der Waals surface area contributed by atoms with Gasteiger partial charge >= 0.3 is 0 Å². The first-order valence-corrected chi connectivity index (χ1v) is 9.96. The molecule has 0 aliphatic rings. The van der Waals surface area contributed by atoms with Crippen molar-refractivity contribution in [1.29, 1.82) is 0 Å². The van der Waals surface area contributed by atoms with Crippen LogP contribution in [0.3, 0.4) is 0 Å². The Morgan fingerprint density at radius 1 is 1.00 bits per heavy atom. The highest BCUT2D eigenvalue weighted by atomic mass is 79.9. The molecular formula is C15H14Br2Cl2N2OS. The number of rotatable bonds is 6. The number of nitrogens with one attached hydrogen (secondary N) is 2. The van der Waals surface area contributed by atoms with Crippen LogP contribution in [-0.4, -0.2) is 12.9 Å². The minimum absolute atomic E-state index is 0.446. The van der Waals surface area contributed by atoms with Crippen LogP contribution in [-0.2, 0) is 0 Å². The van der Waals surface area contributed by atoms with E-state index in [2.05, 4.69) is 49.6 Å². The molecule has 0 atom stereocenters. The molecule has 2 aromatic carbocycles. The molecule has 0 aromatic heterocycles. The lowest BCUT2D eigenvalue weighted by Crippen LogP contribution is -2.09. The number of ether oxygens (including phenoxy) is 1. The Hall–Kier alpha value is -0.270. The van der Waals surface area contributed by atoms with Gasteiger partial charge in [-0.15, -0.1) is 11.8 Å². The lowest BCUT2D eigenvalue weighted by molar-refractivity contribution is 0.415. The van der Waals surface area contributed by atoms with E-state index in [1.165, 1.54) is 12.0 Å². The number of benzene rings is 2. The van der Waals surface area contributed by atoms with Crippen LogP contribution in [0.5, 0.6) is 5.75 Å². The zero-order chi connectivity index (χ0) is 17.0. The summed E-state index contributed by atoms with van der Waals surface area (Å²) in [5, 5.41) is 0.891. The highest BCUT2D eigenvalue weighted by molar-refractivity contribution is 9.11. The number of hydrogen-bond acceptors (Lipinski definition) is 4. The van der Waals surface area contributed by atoms with Crippen molar-refractivity contribution in [2.24, 2.45) is 0 Å². The summed E-state index contributed by atoms with van der Waals surface area (Å²) in [5.41, 5.74) is 7.84. The maximum atomic E-state index is 6.13. The summed E-state index contributed by atoms with van der Waals surface area (Å²) in [4.78, 5) is 1.17. The van der Waals surface area contributed by atoms with Gasteiger partial charge < -0.3 is 15.6 Å². The molecule has 8 heteroatoms. The summed E-state index contributed by atoms with van der Waals surface area (Å²) in [6.45, 7) is 2.12. The molecule has 0 bridgehead atoms. The summed E-state index contributed by atoms with van der Waals surface area (Å²) in [7, 11) is 1.53. The Morgan fingerprint density at radius 2 is 1.48 bits per heavy atom. The average molecular weight is 501 g/mol. The fourth-order valence-corrected chi connectivity index (χ4v) is 5.08. The second-order valence-corrected chi connectivity index (χ2v) is 8.22. The normalized spacial score (nSPS) is 10.5. The molecule has 2 rings (SSSR count). The van der Waals surface area contributed by atoms with Crippen molar-refractivity contribution < 1.29 is 4.74 Å². The first-order valence-electron chi connectivity index (χ1n) is 6.63. The van der Waals surface area contributed by atoms with Crippen LogP contribution in [0.15, 0.2) is 38.1 Å². The molecule has 0 heterocycles. The minimum atomic E-state index is 0.446. The first-order chi connectivity index (χ1) is 11.0. The fourth-order valence-electron chi connectivity index (χ4n) is 1.89. The standard InChI is InChI=1S/C15H14Br2Cl2N2OS/c1-3-23-15-10(16)4-8(5-11(15)17)20-21-9-6-12(18)14(22-2)13(19)7-9/h4-7,20-21H,3H2,1-2H3. The van der Waals surface area contributed by atoms with Crippen LogP contribution in [0.25, 0.3) is 0 Å². The zero-order valence-corrected chi connectivity index (χ0v) is 17.8. The number of anilines is 2. The summed E-state index contributed by atoms with van der Waals surface area (Å²) < 4.78 is 7.18. The number of halogens is 4. The second kappa shape index (κ2) is 8.72. The highest BCUT2D eigenvalue weighted by Crippen LogP contribution is 2.38. The van der Waals surface area contributed by atoms with E-state index in [1.54, 1.807) is 23.9 Å². The second-order valence-electron chi connectivity index (χ2n) is 4.43. The van der Waals surface area contributed by atoms with Gasteiger partial charge in [-0.3, -0.25) is 0 Å². The summed E-state index contributed by atoms with van der Waals surface area (Å²) in [6, 6.07) is 7.49.